The third-order valence-corrected chi connectivity index (χ3v) is 4.27. The van der Waals surface area contributed by atoms with Crippen molar-refractivity contribution in [3.63, 3.8) is 0 Å². The second kappa shape index (κ2) is 6.24. The standard InChI is InChI=1S/C16H20FNO3/c1-11(14(19)20)10-18-15(21)16(8-4-5-9-16)12-6-2-3-7-13(12)17/h2-3,6-7,11H,4-5,8-10H2,1H3,(H,18,21)(H,19,20). The molecule has 2 N–H and O–H groups in total. The molecule has 0 aliphatic heterocycles. The van der Waals surface area contributed by atoms with E-state index in [0.717, 1.165) is 12.8 Å². The summed E-state index contributed by atoms with van der Waals surface area (Å²) in [6.07, 6.45) is 2.94. The predicted octanol–water partition coefficient (Wildman–Crippen LogP) is 2.47. The molecule has 0 spiro atoms. The molecule has 114 valence electrons. The summed E-state index contributed by atoms with van der Waals surface area (Å²) in [6.45, 7) is 1.59. The summed E-state index contributed by atoms with van der Waals surface area (Å²) in [6, 6.07) is 6.35. The Kier molecular flexibility index (Phi) is 4.60. The Hall–Kier alpha value is -1.91. The lowest BCUT2D eigenvalue weighted by Crippen LogP contribution is -2.45. The molecule has 0 aromatic heterocycles. The van der Waals surface area contributed by atoms with Crippen LogP contribution in [0.5, 0.6) is 0 Å². The number of carboxylic acid groups (broad SMARTS) is 1. The van der Waals surface area contributed by atoms with Crippen LogP contribution in [0, 0.1) is 11.7 Å². The fraction of sp³-hybridized carbons (Fsp3) is 0.500. The van der Waals surface area contributed by atoms with Crippen LogP contribution >= 0.6 is 0 Å². The molecule has 2 rings (SSSR count). The summed E-state index contributed by atoms with van der Waals surface area (Å²) in [7, 11) is 0. The van der Waals surface area contributed by atoms with Gasteiger partial charge in [-0.15, -0.1) is 0 Å². The summed E-state index contributed by atoms with van der Waals surface area (Å²) >= 11 is 0. The number of hydrogen-bond donors (Lipinski definition) is 2. The number of carbonyl (C=O) groups excluding carboxylic acids is 1. The second-order valence-electron chi connectivity index (χ2n) is 5.72. The van der Waals surface area contributed by atoms with Crippen LogP contribution in [0.2, 0.25) is 0 Å². The van der Waals surface area contributed by atoms with Crippen molar-refractivity contribution in [1.82, 2.24) is 5.32 Å². The van der Waals surface area contributed by atoms with E-state index in [1.54, 1.807) is 18.2 Å². The molecular weight excluding hydrogens is 273 g/mol. The lowest BCUT2D eigenvalue weighted by atomic mass is 9.77. The van der Waals surface area contributed by atoms with Crippen LogP contribution in [-0.2, 0) is 15.0 Å². The third kappa shape index (κ3) is 3.06. The topological polar surface area (TPSA) is 66.4 Å². The number of carbonyl (C=O) groups is 2. The minimum Gasteiger partial charge on any atom is -0.481 e. The first-order chi connectivity index (χ1) is 9.97. The van der Waals surface area contributed by atoms with Gasteiger partial charge in [0.05, 0.1) is 11.3 Å². The van der Waals surface area contributed by atoms with Crippen LogP contribution in [0.25, 0.3) is 0 Å². The number of aliphatic carboxylic acids is 1. The van der Waals surface area contributed by atoms with Crippen LogP contribution < -0.4 is 5.32 Å². The molecule has 1 aliphatic rings. The molecule has 1 aliphatic carbocycles. The largest absolute Gasteiger partial charge is 0.481 e. The molecule has 0 bridgehead atoms. The first-order valence-electron chi connectivity index (χ1n) is 7.23. The van der Waals surface area contributed by atoms with Crippen LogP contribution in [0.15, 0.2) is 24.3 Å². The highest BCUT2D eigenvalue weighted by Crippen LogP contribution is 2.42. The molecule has 1 aromatic rings. The molecule has 21 heavy (non-hydrogen) atoms. The lowest BCUT2D eigenvalue weighted by molar-refractivity contribution is -0.141. The number of nitrogens with one attached hydrogen (secondary N) is 1. The van der Waals surface area contributed by atoms with Gasteiger partial charge in [0.2, 0.25) is 5.91 Å². The van der Waals surface area contributed by atoms with E-state index < -0.39 is 17.3 Å². The van der Waals surface area contributed by atoms with Gasteiger partial charge >= 0.3 is 5.97 Å². The van der Waals surface area contributed by atoms with Gasteiger partial charge in [-0.2, -0.15) is 0 Å². The van der Waals surface area contributed by atoms with E-state index in [0.29, 0.717) is 18.4 Å². The summed E-state index contributed by atoms with van der Waals surface area (Å²) in [5, 5.41) is 11.6. The molecule has 1 unspecified atom stereocenters. The maximum atomic E-state index is 14.1. The number of hydrogen-bond acceptors (Lipinski definition) is 2. The quantitative estimate of drug-likeness (QED) is 0.876. The molecule has 4 nitrogen and oxygen atoms in total. The normalized spacial score (nSPS) is 18.2. The van der Waals surface area contributed by atoms with Crippen molar-refractivity contribution < 1.29 is 19.1 Å². The molecule has 0 saturated heterocycles. The van der Waals surface area contributed by atoms with Crippen LogP contribution in [-0.4, -0.2) is 23.5 Å². The summed E-state index contributed by atoms with van der Waals surface area (Å²) in [5.41, 5.74) is -0.438. The Labute approximate surface area is 123 Å². The van der Waals surface area contributed by atoms with Crippen molar-refractivity contribution in [3.8, 4) is 0 Å². The number of carboxylic acids is 1. The average molecular weight is 293 g/mol. The fourth-order valence-electron chi connectivity index (χ4n) is 2.95. The highest BCUT2D eigenvalue weighted by molar-refractivity contribution is 5.89. The van der Waals surface area contributed by atoms with E-state index in [2.05, 4.69) is 5.32 Å². The average Bonchev–Trinajstić information content (AvgIpc) is 2.95. The zero-order valence-electron chi connectivity index (χ0n) is 12.1. The Morgan fingerprint density at radius 2 is 1.95 bits per heavy atom. The first-order valence-corrected chi connectivity index (χ1v) is 7.23. The highest BCUT2D eigenvalue weighted by atomic mass is 19.1. The SMILES string of the molecule is CC(CNC(=O)C1(c2ccccc2F)CCCC1)C(=O)O. The molecule has 0 heterocycles. The molecular formula is C16H20FNO3. The van der Waals surface area contributed by atoms with Crippen LogP contribution in [0.4, 0.5) is 4.39 Å². The molecule has 0 radical (unpaired) electrons. The van der Waals surface area contributed by atoms with Gasteiger partial charge in [-0.3, -0.25) is 9.59 Å². The summed E-state index contributed by atoms with van der Waals surface area (Å²) in [5.74, 6) is -2.26. The van der Waals surface area contributed by atoms with Crippen molar-refractivity contribution in [1.29, 1.82) is 0 Å². The van der Waals surface area contributed by atoms with E-state index >= 15 is 0 Å². The van der Waals surface area contributed by atoms with Gasteiger partial charge in [0, 0.05) is 12.1 Å². The molecule has 1 fully saturated rings. The lowest BCUT2D eigenvalue weighted by Gasteiger charge is -2.29. The number of benzene rings is 1. The van der Waals surface area contributed by atoms with E-state index in [1.165, 1.54) is 13.0 Å². The van der Waals surface area contributed by atoms with Crippen molar-refractivity contribution in [2.24, 2.45) is 5.92 Å². The fourth-order valence-corrected chi connectivity index (χ4v) is 2.95. The van der Waals surface area contributed by atoms with Gasteiger partial charge in [0.25, 0.3) is 0 Å². The maximum Gasteiger partial charge on any atom is 0.308 e. The number of rotatable bonds is 5. The minimum atomic E-state index is -0.957. The minimum absolute atomic E-state index is 0.0599. The molecule has 1 amide bonds. The Balaban J connectivity index is 2.21. The zero-order chi connectivity index (χ0) is 15.5. The predicted molar refractivity (Wildman–Crippen MR) is 76.4 cm³/mol. The Morgan fingerprint density at radius 1 is 1.33 bits per heavy atom. The van der Waals surface area contributed by atoms with Crippen LogP contribution in [0.3, 0.4) is 0 Å². The van der Waals surface area contributed by atoms with Crippen molar-refractivity contribution >= 4 is 11.9 Å². The monoisotopic (exact) mass is 293 g/mol. The Bertz CT molecular complexity index is 538. The summed E-state index contributed by atoms with van der Waals surface area (Å²) < 4.78 is 14.1. The molecule has 1 atom stereocenters. The van der Waals surface area contributed by atoms with Gasteiger partial charge in [0.1, 0.15) is 5.82 Å². The zero-order valence-corrected chi connectivity index (χ0v) is 12.1. The van der Waals surface area contributed by atoms with Crippen molar-refractivity contribution in [2.45, 2.75) is 38.0 Å². The number of amides is 1. The van der Waals surface area contributed by atoms with Crippen LogP contribution in [0.1, 0.15) is 38.2 Å². The first kappa shape index (κ1) is 15.5. The highest BCUT2D eigenvalue weighted by Gasteiger charge is 2.44. The number of halogens is 1. The smallest absolute Gasteiger partial charge is 0.308 e. The summed E-state index contributed by atoms with van der Waals surface area (Å²) in [4.78, 5) is 23.4. The van der Waals surface area contributed by atoms with E-state index in [-0.39, 0.29) is 18.3 Å². The van der Waals surface area contributed by atoms with Gasteiger partial charge in [-0.25, -0.2) is 4.39 Å². The molecule has 1 aromatic carbocycles. The van der Waals surface area contributed by atoms with E-state index in [4.69, 9.17) is 5.11 Å². The van der Waals surface area contributed by atoms with Gasteiger partial charge in [-0.05, 0) is 18.9 Å². The van der Waals surface area contributed by atoms with Gasteiger partial charge in [0.15, 0.2) is 0 Å². The van der Waals surface area contributed by atoms with Crippen molar-refractivity contribution in [2.75, 3.05) is 6.54 Å². The van der Waals surface area contributed by atoms with E-state index in [9.17, 15) is 14.0 Å². The van der Waals surface area contributed by atoms with E-state index in [1.807, 2.05) is 0 Å². The van der Waals surface area contributed by atoms with Gasteiger partial charge in [-0.1, -0.05) is 38.0 Å². The van der Waals surface area contributed by atoms with Crippen molar-refractivity contribution in [3.05, 3.63) is 35.6 Å². The second-order valence-corrected chi connectivity index (χ2v) is 5.72. The Morgan fingerprint density at radius 3 is 2.52 bits per heavy atom. The van der Waals surface area contributed by atoms with Gasteiger partial charge < -0.3 is 10.4 Å². The molecule has 1 saturated carbocycles. The maximum absolute atomic E-state index is 14.1. The third-order valence-electron chi connectivity index (χ3n) is 4.27. The molecule has 5 heteroatoms.